The fraction of sp³-hybridized carbons (Fsp3) is 0.318. The van der Waals surface area contributed by atoms with E-state index in [0.717, 1.165) is 55.1 Å². The van der Waals surface area contributed by atoms with Gasteiger partial charge in [-0.3, -0.25) is 0 Å². The molecule has 0 amide bonds. The van der Waals surface area contributed by atoms with E-state index in [9.17, 15) is 4.79 Å². The zero-order chi connectivity index (χ0) is 20.9. The Bertz CT molecular complexity index is 965. The molecule has 2 aliphatic heterocycles. The minimum absolute atomic E-state index is 0.471. The highest BCUT2D eigenvalue weighted by Gasteiger charge is 2.23. The number of pyridine rings is 1. The van der Waals surface area contributed by atoms with E-state index in [0.29, 0.717) is 17.2 Å². The van der Waals surface area contributed by atoms with Crippen LogP contribution in [0.3, 0.4) is 0 Å². The summed E-state index contributed by atoms with van der Waals surface area (Å²) in [6, 6.07) is 9.64. The Morgan fingerprint density at radius 1 is 1.33 bits per heavy atom. The molecule has 4 rings (SSSR count). The highest BCUT2D eigenvalue weighted by atomic mass is 16.6. The predicted octanol–water partition coefficient (Wildman–Crippen LogP) is 2.85. The van der Waals surface area contributed by atoms with Crippen molar-refractivity contribution in [1.29, 1.82) is 0 Å². The molecule has 3 heterocycles. The summed E-state index contributed by atoms with van der Waals surface area (Å²) in [5, 5.41) is 10.5. The highest BCUT2D eigenvalue weighted by Crippen LogP contribution is 2.32. The van der Waals surface area contributed by atoms with E-state index in [1.54, 1.807) is 6.20 Å². The van der Waals surface area contributed by atoms with Gasteiger partial charge in [0.15, 0.2) is 0 Å². The summed E-state index contributed by atoms with van der Waals surface area (Å²) in [4.78, 5) is 23.6. The lowest BCUT2D eigenvalue weighted by Crippen LogP contribution is -2.36. The summed E-state index contributed by atoms with van der Waals surface area (Å²) in [5.74, 6) is 0.612. The molecule has 0 aliphatic carbocycles. The monoisotopic (exact) mass is 407 g/mol. The number of rotatable bonds is 6. The van der Waals surface area contributed by atoms with Crippen molar-refractivity contribution < 1.29 is 14.4 Å². The van der Waals surface area contributed by atoms with E-state index in [1.807, 2.05) is 31.2 Å². The first-order chi connectivity index (χ1) is 14.7. The Balaban J connectivity index is 1.67. The minimum atomic E-state index is -0.471. The molecule has 2 aromatic rings. The molecule has 2 aliphatic rings. The summed E-state index contributed by atoms with van der Waals surface area (Å²) in [6.07, 6.45) is 4.58. The van der Waals surface area contributed by atoms with Crippen LogP contribution in [-0.4, -0.2) is 50.4 Å². The first-order valence-corrected chi connectivity index (χ1v) is 9.90. The molecular weight excluding hydrogens is 382 g/mol. The van der Waals surface area contributed by atoms with Crippen LogP contribution in [0.1, 0.15) is 29.8 Å². The third-order valence-corrected chi connectivity index (χ3v) is 5.18. The van der Waals surface area contributed by atoms with Crippen LogP contribution < -0.4 is 15.5 Å². The molecule has 8 heteroatoms. The van der Waals surface area contributed by atoms with Gasteiger partial charge in [0.25, 0.3) is 0 Å². The molecule has 1 atom stereocenters. The fourth-order valence-electron chi connectivity index (χ4n) is 3.65. The molecule has 8 nitrogen and oxygen atoms in total. The van der Waals surface area contributed by atoms with Gasteiger partial charge < -0.3 is 29.9 Å². The van der Waals surface area contributed by atoms with Crippen molar-refractivity contribution in [3.8, 4) is 0 Å². The van der Waals surface area contributed by atoms with Gasteiger partial charge in [-0.2, -0.15) is 0 Å². The summed E-state index contributed by atoms with van der Waals surface area (Å²) in [6.45, 7) is 5.11. The number of aromatic nitrogens is 1. The molecule has 0 spiro atoms. The van der Waals surface area contributed by atoms with Crippen molar-refractivity contribution in [2.45, 2.75) is 13.0 Å². The van der Waals surface area contributed by atoms with E-state index in [-0.39, 0.29) is 0 Å². The van der Waals surface area contributed by atoms with Crippen LogP contribution in [0.25, 0.3) is 6.08 Å². The third-order valence-electron chi connectivity index (χ3n) is 5.18. The van der Waals surface area contributed by atoms with Gasteiger partial charge in [0.1, 0.15) is 31.0 Å². The number of benzene rings is 1. The number of carbonyl (C=O) groups excluding carboxylic acids is 1. The van der Waals surface area contributed by atoms with E-state index in [1.165, 1.54) is 7.11 Å². The third kappa shape index (κ3) is 4.13. The van der Waals surface area contributed by atoms with Gasteiger partial charge in [-0.05, 0) is 55.1 Å². The predicted molar refractivity (Wildman–Crippen MR) is 117 cm³/mol. The number of ether oxygens (including phenoxy) is 1. The summed E-state index contributed by atoms with van der Waals surface area (Å²) < 4.78 is 5.42. The second-order valence-electron chi connectivity index (χ2n) is 7.10. The molecule has 1 fully saturated rings. The molecule has 156 valence electrons. The number of nitrogens with one attached hydrogen (secondary N) is 2. The van der Waals surface area contributed by atoms with E-state index < -0.39 is 6.04 Å². The standard InChI is InChI=1S/C22H25N5O3/c1-15(26-29-2)19-13-16-7-8-23-20(14-28)21(16)22(25-19)24-17-3-5-18(6-4-17)27-9-11-30-12-10-27/h3-8,13-14,20,23H,9-12H2,1-2H3,(H,24,25)/b26-15+. The first kappa shape index (κ1) is 19.9. The molecule has 0 saturated carbocycles. The van der Waals surface area contributed by atoms with Crippen LogP contribution >= 0.6 is 0 Å². The smallest absolute Gasteiger partial charge is 0.146 e. The van der Waals surface area contributed by atoms with Gasteiger partial charge in [0, 0.05) is 30.0 Å². The van der Waals surface area contributed by atoms with Crippen molar-refractivity contribution in [3.05, 3.63) is 53.4 Å². The van der Waals surface area contributed by atoms with Gasteiger partial charge in [-0.15, -0.1) is 0 Å². The zero-order valence-electron chi connectivity index (χ0n) is 17.1. The van der Waals surface area contributed by atoms with Gasteiger partial charge in [-0.1, -0.05) is 5.16 Å². The van der Waals surface area contributed by atoms with Crippen LogP contribution in [0.4, 0.5) is 17.2 Å². The Kier molecular flexibility index (Phi) is 5.94. The number of hydrogen-bond donors (Lipinski definition) is 2. The van der Waals surface area contributed by atoms with Gasteiger partial charge >= 0.3 is 0 Å². The van der Waals surface area contributed by atoms with E-state index in [2.05, 4.69) is 32.8 Å². The largest absolute Gasteiger partial charge is 0.399 e. The van der Waals surface area contributed by atoms with E-state index in [4.69, 9.17) is 14.6 Å². The Morgan fingerprint density at radius 3 is 2.80 bits per heavy atom. The summed E-state index contributed by atoms with van der Waals surface area (Å²) in [7, 11) is 1.50. The lowest BCUT2D eigenvalue weighted by molar-refractivity contribution is -0.109. The number of fused-ring (bicyclic) bond motifs is 1. The average molecular weight is 407 g/mol. The number of oxime groups is 1. The maximum absolute atomic E-state index is 11.7. The molecule has 0 radical (unpaired) electrons. The minimum Gasteiger partial charge on any atom is -0.399 e. The van der Waals surface area contributed by atoms with Crippen LogP contribution in [0.2, 0.25) is 0 Å². The van der Waals surface area contributed by atoms with Crippen molar-refractivity contribution >= 4 is 35.3 Å². The lowest BCUT2D eigenvalue weighted by atomic mass is 9.97. The first-order valence-electron chi connectivity index (χ1n) is 9.90. The van der Waals surface area contributed by atoms with Crippen LogP contribution in [0, 0.1) is 0 Å². The van der Waals surface area contributed by atoms with Crippen molar-refractivity contribution in [3.63, 3.8) is 0 Å². The number of aldehydes is 1. The molecule has 0 bridgehead atoms. The van der Waals surface area contributed by atoms with Crippen molar-refractivity contribution in [2.24, 2.45) is 5.16 Å². The zero-order valence-corrected chi connectivity index (χ0v) is 17.1. The molecular formula is C22H25N5O3. The second-order valence-corrected chi connectivity index (χ2v) is 7.10. The quantitative estimate of drug-likeness (QED) is 0.432. The molecule has 1 aromatic heterocycles. The Morgan fingerprint density at radius 2 is 2.10 bits per heavy atom. The molecule has 1 unspecified atom stereocenters. The number of morpholine rings is 1. The Hall–Kier alpha value is -3.39. The maximum atomic E-state index is 11.7. The number of hydrogen-bond acceptors (Lipinski definition) is 8. The number of anilines is 3. The number of nitrogens with zero attached hydrogens (tertiary/aromatic N) is 3. The van der Waals surface area contributed by atoms with Crippen molar-refractivity contribution in [2.75, 3.05) is 43.6 Å². The van der Waals surface area contributed by atoms with Crippen LogP contribution in [0.15, 0.2) is 41.7 Å². The van der Waals surface area contributed by atoms with Crippen molar-refractivity contribution in [1.82, 2.24) is 10.3 Å². The summed E-state index contributed by atoms with van der Waals surface area (Å²) >= 11 is 0. The Labute approximate surface area is 175 Å². The molecule has 1 saturated heterocycles. The topological polar surface area (TPSA) is 88.1 Å². The van der Waals surface area contributed by atoms with Gasteiger partial charge in [0.05, 0.1) is 18.9 Å². The molecule has 1 aromatic carbocycles. The van der Waals surface area contributed by atoms with Crippen LogP contribution in [0.5, 0.6) is 0 Å². The van der Waals surface area contributed by atoms with Crippen LogP contribution in [-0.2, 0) is 14.4 Å². The van der Waals surface area contributed by atoms with Gasteiger partial charge in [0.2, 0.25) is 0 Å². The van der Waals surface area contributed by atoms with Gasteiger partial charge in [-0.25, -0.2) is 4.98 Å². The molecule has 30 heavy (non-hydrogen) atoms. The highest BCUT2D eigenvalue weighted by molar-refractivity contribution is 5.98. The number of carbonyl (C=O) groups is 1. The molecule has 2 N–H and O–H groups in total. The van der Waals surface area contributed by atoms with E-state index >= 15 is 0 Å². The second kappa shape index (κ2) is 8.96. The fourth-order valence-corrected chi connectivity index (χ4v) is 3.65. The SMILES string of the molecule is CO/N=C(\C)c1cc2c(c(Nc3ccc(N4CCOCC4)cc3)n1)C(C=O)NC=C2. The normalized spacial score (nSPS) is 18.4. The summed E-state index contributed by atoms with van der Waals surface area (Å²) in [5.41, 5.74) is 5.10. The lowest BCUT2D eigenvalue weighted by Gasteiger charge is -2.29. The maximum Gasteiger partial charge on any atom is 0.146 e. The average Bonchev–Trinajstić information content (AvgIpc) is 2.79.